The molecule has 0 aromatic carbocycles. The van der Waals surface area contributed by atoms with E-state index in [-0.39, 0.29) is 11.9 Å². The number of ketones is 1. The Morgan fingerprint density at radius 3 is 3.12 bits per heavy atom. The highest BCUT2D eigenvalue weighted by Gasteiger charge is 2.26. The van der Waals surface area contributed by atoms with Gasteiger partial charge in [0, 0.05) is 25.8 Å². The van der Waals surface area contributed by atoms with Crippen LogP contribution in [0.5, 0.6) is 0 Å². The molecular formula is C11H17N3O2. The van der Waals surface area contributed by atoms with Gasteiger partial charge in [-0.3, -0.25) is 9.48 Å². The number of ether oxygens (including phenoxy) is 1. The van der Waals surface area contributed by atoms with Gasteiger partial charge in [-0.05, 0) is 14.0 Å². The molecule has 0 amide bonds. The van der Waals surface area contributed by atoms with Gasteiger partial charge in [-0.2, -0.15) is 5.10 Å². The van der Waals surface area contributed by atoms with E-state index < -0.39 is 0 Å². The van der Waals surface area contributed by atoms with Crippen molar-refractivity contribution < 1.29 is 9.53 Å². The first-order chi connectivity index (χ1) is 7.70. The maximum Gasteiger partial charge on any atom is 0.196 e. The lowest BCUT2D eigenvalue weighted by molar-refractivity contribution is -0.00862. The molecule has 1 fully saturated rings. The number of carbonyl (C=O) groups excluding carboxylic acids is 1. The zero-order chi connectivity index (χ0) is 11.5. The Morgan fingerprint density at radius 1 is 1.69 bits per heavy atom. The van der Waals surface area contributed by atoms with Crippen molar-refractivity contribution in [3.63, 3.8) is 0 Å². The summed E-state index contributed by atoms with van der Waals surface area (Å²) < 4.78 is 7.23. The number of likely N-dealkylation sites (N-methyl/N-ethyl adjacent to an activating group) is 1. The lowest BCUT2D eigenvalue weighted by Crippen LogP contribution is -2.44. The highest BCUT2D eigenvalue weighted by Crippen LogP contribution is 2.10. The van der Waals surface area contributed by atoms with Crippen LogP contribution in [-0.2, 0) is 11.3 Å². The van der Waals surface area contributed by atoms with Crippen LogP contribution in [0.1, 0.15) is 17.3 Å². The van der Waals surface area contributed by atoms with E-state index in [0.717, 1.165) is 13.1 Å². The van der Waals surface area contributed by atoms with Crippen molar-refractivity contribution >= 4 is 5.78 Å². The highest BCUT2D eigenvalue weighted by molar-refractivity contribution is 5.99. The third-order valence-electron chi connectivity index (χ3n) is 2.80. The van der Waals surface area contributed by atoms with Crippen molar-refractivity contribution in [2.45, 2.75) is 19.6 Å². The van der Waals surface area contributed by atoms with E-state index >= 15 is 0 Å². The fourth-order valence-corrected chi connectivity index (χ4v) is 1.79. The molecule has 0 aliphatic carbocycles. The van der Waals surface area contributed by atoms with Gasteiger partial charge < -0.3 is 9.64 Å². The van der Waals surface area contributed by atoms with Crippen LogP contribution in [0.4, 0.5) is 0 Å². The quantitative estimate of drug-likeness (QED) is 0.697. The van der Waals surface area contributed by atoms with E-state index in [1.807, 2.05) is 14.0 Å². The second kappa shape index (κ2) is 4.76. The third kappa shape index (κ3) is 2.31. The van der Waals surface area contributed by atoms with E-state index in [4.69, 9.17) is 4.74 Å². The second-order valence-corrected chi connectivity index (χ2v) is 4.07. The highest BCUT2D eigenvalue weighted by atomic mass is 16.5. The average molecular weight is 223 g/mol. The Balaban J connectivity index is 2.06. The lowest BCUT2D eigenvalue weighted by atomic mass is 10.1. The molecule has 1 aromatic heterocycles. The number of nitrogens with zero attached hydrogens (tertiary/aromatic N) is 3. The Bertz CT molecular complexity index is 375. The summed E-state index contributed by atoms with van der Waals surface area (Å²) in [6.07, 6.45) is 3.05. The van der Waals surface area contributed by atoms with E-state index in [1.54, 1.807) is 17.1 Å². The summed E-state index contributed by atoms with van der Waals surface area (Å²) in [5.41, 5.74) is 0.641. The van der Waals surface area contributed by atoms with E-state index in [0.29, 0.717) is 18.7 Å². The molecule has 2 heterocycles. The summed E-state index contributed by atoms with van der Waals surface area (Å²) in [6, 6.07) is 0. The van der Waals surface area contributed by atoms with Gasteiger partial charge in [0.1, 0.15) is 6.10 Å². The van der Waals surface area contributed by atoms with Crippen molar-refractivity contribution in [3.8, 4) is 0 Å². The van der Waals surface area contributed by atoms with E-state index in [9.17, 15) is 4.79 Å². The first-order valence-electron chi connectivity index (χ1n) is 5.57. The van der Waals surface area contributed by atoms with Crippen molar-refractivity contribution in [2.75, 3.05) is 26.7 Å². The molecule has 0 spiro atoms. The Kier molecular flexibility index (Phi) is 3.36. The minimum atomic E-state index is -0.340. The summed E-state index contributed by atoms with van der Waals surface area (Å²) in [5.74, 6) is 0.0336. The molecule has 88 valence electrons. The van der Waals surface area contributed by atoms with Crippen LogP contribution in [0.2, 0.25) is 0 Å². The van der Waals surface area contributed by atoms with Gasteiger partial charge in [0.05, 0.1) is 18.4 Å². The summed E-state index contributed by atoms with van der Waals surface area (Å²) in [7, 11) is 2.00. The Labute approximate surface area is 95.0 Å². The fourth-order valence-electron chi connectivity index (χ4n) is 1.79. The molecule has 0 N–H and O–H groups in total. The number of aromatic nitrogens is 2. The van der Waals surface area contributed by atoms with Gasteiger partial charge in [-0.1, -0.05) is 0 Å². The van der Waals surface area contributed by atoms with E-state index in [2.05, 4.69) is 10.00 Å². The molecule has 1 unspecified atom stereocenters. The molecule has 5 heteroatoms. The molecule has 1 aliphatic rings. The predicted octanol–water partition coefficient (Wildman–Crippen LogP) is 0.416. The van der Waals surface area contributed by atoms with Gasteiger partial charge in [-0.25, -0.2) is 0 Å². The molecule has 0 saturated carbocycles. The maximum absolute atomic E-state index is 12.1. The van der Waals surface area contributed by atoms with Crippen molar-refractivity contribution in [2.24, 2.45) is 0 Å². The number of hydrogen-bond donors (Lipinski definition) is 0. The minimum absolute atomic E-state index is 0.0336. The van der Waals surface area contributed by atoms with Crippen molar-refractivity contribution in [3.05, 3.63) is 18.0 Å². The number of aryl methyl sites for hydroxylation is 1. The van der Waals surface area contributed by atoms with Crippen LogP contribution in [-0.4, -0.2) is 53.3 Å². The SMILES string of the molecule is CCn1cc(C(=O)C2CN(C)CCO2)cn1. The maximum atomic E-state index is 12.1. The molecule has 1 saturated heterocycles. The second-order valence-electron chi connectivity index (χ2n) is 4.07. The zero-order valence-electron chi connectivity index (χ0n) is 9.72. The van der Waals surface area contributed by atoms with Crippen molar-refractivity contribution in [1.29, 1.82) is 0 Å². The lowest BCUT2D eigenvalue weighted by Gasteiger charge is -2.28. The first-order valence-corrected chi connectivity index (χ1v) is 5.57. The van der Waals surface area contributed by atoms with Gasteiger partial charge in [0.25, 0.3) is 0 Å². The molecule has 16 heavy (non-hydrogen) atoms. The van der Waals surface area contributed by atoms with Crippen LogP contribution >= 0.6 is 0 Å². The minimum Gasteiger partial charge on any atom is -0.367 e. The summed E-state index contributed by atoms with van der Waals surface area (Å²) in [6.45, 7) is 4.94. The van der Waals surface area contributed by atoms with E-state index in [1.165, 1.54) is 0 Å². The number of morpholine rings is 1. The summed E-state index contributed by atoms with van der Waals surface area (Å²) in [5, 5.41) is 4.10. The summed E-state index contributed by atoms with van der Waals surface area (Å²) in [4.78, 5) is 14.2. The van der Waals surface area contributed by atoms with Crippen LogP contribution in [0, 0.1) is 0 Å². The third-order valence-corrected chi connectivity index (χ3v) is 2.80. The summed E-state index contributed by atoms with van der Waals surface area (Å²) >= 11 is 0. The molecule has 1 aliphatic heterocycles. The topological polar surface area (TPSA) is 47.4 Å². The fraction of sp³-hybridized carbons (Fsp3) is 0.636. The van der Waals surface area contributed by atoms with Gasteiger partial charge in [-0.15, -0.1) is 0 Å². The first kappa shape index (κ1) is 11.3. The van der Waals surface area contributed by atoms with Gasteiger partial charge in [0.15, 0.2) is 5.78 Å². The Hall–Kier alpha value is -1.20. The number of hydrogen-bond acceptors (Lipinski definition) is 4. The van der Waals surface area contributed by atoms with Crippen LogP contribution in [0.15, 0.2) is 12.4 Å². The standard InChI is InChI=1S/C11H17N3O2/c1-3-14-7-9(6-12-14)11(15)10-8-13(2)4-5-16-10/h6-7,10H,3-5,8H2,1-2H3. The van der Waals surface area contributed by atoms with Crippen LogP contribution in [0.25, 0.3) is 0 Å². The number of rotatable bonds is 3. The molecule has 2 rings (SSSR count). The van der Waals surface area contributed by atoms with Gasteiger partial charge in [0.2, 0.25) is 0 Å². The normalized spacial score (nSPS) is 22.2. The molecule has 1 aromatic rings. The zero-order valence-corrected chi connectivity index (χ0v) is 9.72. The monoisotopic (exact) mass is 223 g/mol. The predicted molar refractivity (Wildman–Crippen MR) is 59.5 cm³/mol. The molecule has 5 nitrogen and oxygen atoms in total. The molecule has 1 atom stereocenters. The van der Waals surface area contributed by atoms with Crippen LogP contribution < -0.4 is 0 Å². The van der Waals surface area contributed by atoms with Crippen LogP contribution in [0.3, 0.4) is 0 Å². The van der Waals surface area contributed by atoms with Gasteiger partial charge >= 0.3 is 0 Å². The Morgan fingerprint density at radius 2 is 2.50 bits per heavy atom. The largest absolute Gasteiger partial charge is 0.367 e. The van der Waals surface area contributed by atoms with Crippen molar-refractivity contribution in [1.82, 2.24) is 14.7 Å². The number of carbonyl (C=O) groups is 1. The smallest absolute Gasteiger partial charge is 0.196 e. The average Bonchev–Trinajstić information content (AvgIpc) is 2.76. The number of Topliss-reactive ketones (excluding diaryl/α,β-unsaturated/α-hetero) is 1. The molecule has 0 bridgehead atoms. The molecule has 0 radical (unpaired) electrons. The molecular weight excluding hydrogens is 206 g/mol.